The van der Waals surface area contributed by atoms with E-state index in [-0.39, 0.29) is 12.5 Å². The van der Waals surface area contributed by atoms with Crippen molar-refractivity contribution in [3.05, 3.63) is 21.4 Å². The first-order valence-electron chi connectivity index (χ1n) is 6.40. The highest BCUT2D eigenvalue weighted by molar-refractivity contribution is 7.14. The largest absolute Gasteiger partial charge is 0.480 e. The molecule has 1 aliphatic heterocycles. The summed E-state index contributed by atoms with van der Waals surface area (Å²) in [5, 5.41) is 9.15. The van der Waals surface area contributed by atoms with Gasteiger partial charge in [0.15, 0.2) is 6.04 Å². The molecule has 1 aromatic heterocycles. The number of rotatable bonds is 2. The maximum absolute atomic E-state index is 12.4. The number of thiophene rings is 1. The molecule has 0 bridgehead atoms. The molecule has 102 valence electrons. The molecule has 6 heteroatoms. The molecule has 1 aromatic rings. The molecule has 1 N–H and O–H groups in total. The molecule has 2 heterocycles. The summed E-state index contributed by atoms with van der Waals surface area (Å²) in [5.74, 6) is -1.17. The van der Waals surface area contributed by atoms with Gasteiger partial charge in [-0.3, -0.25) is 4.79 Å². The quantitative estimate of drug-likeness (QED) is 0.883. The summed E-state index contributed by atoms with van der Waals surface area (Å²) in [4.78, 5) is 27.0. The van der Waals surface area contributed by atoms with Crippen LogP contribution < -0.4 is 0 Å². The topological polar surface area (TPSA) is 66.8 Å². The number of hydrogen-bond donors (Lipinski definition) is 1. The van der Waals surface area contributed by atoms with Gasteiger partial charge in [-0.1, -0.05) is 0 Å². The van der Waals surface area contributed by atoms with Gasteiger partial charge in [0.25, 0.3) is 5.91 Å². The molecule has 0 saturated carbocycles. The van der Waals surface area contributed by atoms with Gasteiger partial charge in [-0.05, 0) is 30.9 Å². The number of carboxylic acids is 1. The Morgan fingerprint density at radius 2 is 2.26 bits per heavy atom. The molecule has 1 saturated heterocycles. The highest BCUT2D eigenvalue weighted by Gasteiger charge is 2.34. The lowest BCUT2D eigenvalue weighted by Crippen LogP contribution is -2.52. The number of ether oxygens (including phenoxy) is 1. The molecule has 1 fully saturated rings. The van der Waals surface area contributed by atoms with Gasteiger partial charge in [-0.25, -0.2) is 4.79 Å². The predicted octanol–water partition coefficient (Wildman–Crippen LogP) is 1.16. The van der Waals surface area contributed by atoms with Gasteiger partial charge in [0.2, 0.25) is 0 Å². The second-order valence-electron chi connectivity index (χ2n) is 4.84. The third-order valence-electron chi connectivity index (χ3n) is 3.63. The number of carbonyl (C=O) groups excluding carboxylic acids is 1. The van der Waals surface area contributed by atoms with Crippen LogP contribution >= 0.6 is 11.3 Å². The van der Waals surface area contributed by atoms with Crippen LogP contribution in [0.5, 0.6) is 0 Å². The molecule has 0 radical (unpaired) electrons. The van der Waals surface area contributed by atoms with Crippen LogP contribution in [-0.4, -0.2) is 47.7 Å². The summed E-state index contributed by atoms with van der Waals surface area (Å²) in [6.45, 7) is 0.825. The molecular weight excluding hydrogens is 266 g/mol. The number of morpholine rings is 1. The van der Waals surface area contributed by atoms with Gasteiger partial charge in [0, 0.05) is 11.4 Å². The van der Waals surface area contributed by atoms with Gasteiger partial charge >= 0.3 is 5.97 Å². The molecule has 1 unspecified atom stereocenters. The maximum Gasteiger partial charge on any atom is 0.328 e. The Kier molecular flexibility index (Phi) is 3.28. The number of aryl methyl sites for hydroxylation is 2. The average molecular weight is 281 g/mol. The number of hydrogen-bond acceptors (Lipinski definition) is 4. The van der Waals surface area contributed by atoms with Crippen molar-refractivity contribution in [2.75, 3.05) is 19.8 Å². The lowest BCUT2D eigenvalue weighted by Gasteiger charge is -2.32. The zero-order valence-electron chi connectivity index (χ0n) is 10.4. The predicted molar refractivity (Wildman–Crippen MR) is 69.6 cm³/mol. The number of aliphatic carboxylic acids is 1. The van der Waals surface area contributed by atoms with Gasteiger partial charge in [-0.2, -0.15) is 0 Å². The van der Waals surface area contributed by atoms with Gasteiger partial charge < -0.3 is 14.7 Å². The summed E-state index contributed by atoms with van der Waals surface area (Å²) >= 11 is 1.51. The fourth-order valence-electron chi connectivity index (χ4n) is 2.63. The summed E-state index contributed by atoms with van der Waals surface area (Å²) in [7, 11) is 0. The van der Waals surface area contributed by atoms with Gasteiger partial charge in [0.1, 0.15) is 0 Å². The minimum atomic E-state index is -1.00. The lowest BCUT2D eigenvalue weighted by molar-refractivity contribution is -0.147. The van der Waals surface area contributed by atoms with E-state index in [0.717, 1.165) is 19.3 Å². The molecule has 0 spiro atoms. The smallest absolute Gasteiger partial charge is 0.328 e. The average Bonchev–Trinajstić information content (AvgIpc) is 2.98. The number of fused-ring (bicyclic) bond motifs is 1. The summed E-state index contributed by atoms with van der Waals surface area (Å²) in [6.07, 6.45) is 3.23. The van der Waals surface area contributed by atoms with Crippen molar-refractivity contribution in [3.8, 4) is 0 Å². The SMILES string of the molecule is O=C(O)C1COCCN1C(=O)c1cc2c(s1)CCC2. The van der Waals surface area contributed by atoms with Crippen molar-refractivity contribution in [1.82, 2.24) is 4.90 Å². The second kappa shape index (κ2) is 4.94. The van der Waals surface area contributed by atoms with E-state index in [1.807, 2.05) is 6.07 Å². The van der Waals surface area contributed by atoms with Crippen LogP contribution in [0.3, 0.4) is 0 Å². The number of nitrogens with zero attached hydrogens (tertiary/aromatic N) is 1. The summed E-state index contributed by atoms with van der Waals surface area (Å²) < 4.78 is 5.15. The maximum atomic E-state index is 12.4. The first kappa shape index (κ1) is 12.6. The van der Waals surface area contributed by atoms with Crippen molar-refractivity contribution in [3.63, 3.8) is 0 Å². The zero-order chi connectivity index (χ0) is 13.4. The van der Waals surface area contributed by atoms with E-state index >= 15 is 0 Å². The van der Waals surface area contributed by atoms with E-state index in [4.69, 9.17) is 9.84 Å². The molecule has 19 heavy (non-hydrogen) atoms. The van der Waals surface area contributed by atoms with Crippen LogP contribution in [0.25, 0.3) is 0 Å². The Balaban J connectivity index is 1.83. The minimum absolute atomic E-state index is 0.0756. The second-order valence-corrected chi connectivity index (χ2v) is 5.98. The van der Waals surface area contributed by atoms with Crippen LogP contribution in [0.4, 0.5) is 0 Å². The highest BCUT2D eigenvalue weighted by atomic mass is 32.1. The van der Waals surface area contributed by atoms with Crippen molar-refractivity contribution >= 4 is 23.2 Å². The van der Waals surface area contributed by atoms with Gasteiger partial charge in [-0.15, -0.1) is 11.3 Å². The van der Waals surface area contributed by atoms with Crippen molar-refractivity contribution in [1.29, 1.82) is 0 Å². The first-order chi connectivity index (χ1) is 9.16. The molecular formula is C13H15NO4S. The Labute approximate surface area is 114 Å². The Hall–Kier alpha value is -1.40. The van der Waals surface area contributed by atoms with Gasteiger partial charge in [0.05, 0.1) is 18.1 Å². The highest BCUT2D eigenvalue weighted by Crippen LogP contribution is 2.31. The van der Waals surface area contributed by atoms with Crippen LogP contribution in [-0.2, 0) is 22.4 Å². The minimum Gasteiger partial charge on any atom is -0.480 e. The molecule has 2 aliphatic rings. The van der Waals surface area contributed by atoms with E-state index in [1.165, 1.54) is 26.7 Å². The number of amides is 1. The first-order valence-corrected chi connectivity index (χ1v) is 7.21. The van der Waals surface area contributed by atoms with E-state index in [1.54, 1.807) is 0 Å². The fourth-order valence-corrected chi connectivity index (χ4v) is 3.84. The lowest BCUT2D eigenvalue weighted by atomic mass is 10.2. The van der Waals surface area contributed by atoms with Crippen LogP contribution in [0.15, 0.2) is 6.07 Å². The molecule has 3 rings (SSSR count). The normalized spacial score (nSPS) is 22.3. The van der Waals surface area contributed by atoms with E-state index < -0.39 is 12.0 Å². The summed E-state index contributed by atoms with van der Waals surface area (Å²) in [6, 6.07) is 1.07. The molecule has 1 atom stereocenters. The zero-order valence-corrected chi connectivity index (χ0v) is 11.2. The Morgan fingerprint density at radius 1 is 1.42 bits per heavy atom. The van der Waals surface area contributed by atoms with E-state index in [0.29, 0.717) is 18.0 Å². The van der Waals surface area contributed by atoms with E-state index in [9.17, 15) is 9.59 Å². The standard InChI is InChI=1S/C13H15NO4S/c15-12(11-6-8-2-1-3-10(8)19-11)14-4-5-18-7-9(14)13(16)17/h6,9H,1-5,7H2,(H,16,17). The Bertz CT molecular complexity index is 503. The third-order valence-corrected chi connectivity index (χ3v) is 4.86. The van der Waals surface area contributed by atoms with Crippen LogP contribution in [0.2, 0.25) is 0 Å². The van der Waals surface area contributed by atoms with Crippen LogP contribution in [0.1, 0.15) is 26.5 Å². The third kappa shape index (κ3) is 2.26. The number of carboxylic acid groups (broad SMARTS) is 1. The molecule has 1 amide bonds. The Morgan fingerprint density at radius 3 is 3.00 bits per heavy atom. The monoisotopic (exact) mass is 281 g/mol. The van der Waals surface area contributed by atoms with Crippen molar-refractivity contribution < 1.29 is 19.4 Å². The van der Waals surface area contributed by atoms with Crippen molar-refractivity contribution in [2.45, 2.75) is 25.3 Å². The van der Waals surface area contributed by atoms with E-state index in [2.05, 4.69) is 0 Å². The van der Waals surface area contributed by atoms with Crippen molar-refractivity contribution in [2.24, 2.45) is 0 Å². The number of carbonyl (C=O) groups is 2. The molecule has 5 nitrogen and oxygen atoms in total. The molecule has 1 aliphatic carbocycles. The van der Waals surface area contributed by atoms with Crippen LogP contribution in [0, 0.1) is 0 Å². The molecule has 0 aromatic carbocycles. The summed E-state index contributed by atoms with van der Waals surface area (Å²) in [5.41, 5.74) is 1.26. The fraction of sp³-hybridized carbons (Fsp3) is 0.538.